The lowest BCUT2D eigenvalue weighted by molar-refractivity contribution is 0.0937. The van der Waals surface area contributed by atoms with Crippen LogP contribution in [0.5, 0.6) is 0 Å². The zero-order valence-electron chi connectivity index (χ0n) is 12.1. The van der Waals surface area contributed by atoms with Gasteiger partial charge in [-0.15, -0.1) is 0 Å². The first-order valence-corrected chi connectivity index (χ1v) is 7.37. The number of likely N-dealkylation sites (tertiary alicyclic amines) is 1. The van der Waals surface area contributed by atoms with E-state index in [0.29, 0.717) is 5.56 Å². The van der Waals surface area contributed by atoms with E-state index >= 15 is 0 Å². The van der Waals surface area contributed by atoms with E-state index in [2.05, 4.69) is 20.5 Å². The maximum atomic E-state index is 12.3. The average molecular weight is 274 g/mol. The molecule has 1 unspecified atom stereocenters. The number of amides is 1. The highest BCUT2D eigenvalue weighted by molar-refractivity contribution is 5.95. The summed E-state index contributed by atoms with van der Waals surface area (Å²) in [7, 11) is 1.81. The molecule has 0 bridgehead atoms. The zero-order valence-corrected chi connectivity index (χ0v) is 12.1. The second-order valence-electron chi connectivity index (χ2n) is 5.82. The van der Waals surface area contributed by atoms with Crippen LogP contribution in [0.15, 0.2) is 12.1 Å². The Hall–Kier alpha value is -1.62. The second-order valence-corrected chi connectivity index (χ2v) is 5.82. The third kappa shape index (κ3) is 2.93. The molecule has 2 heterocycles. The summed E-state index contributed by atoms with van der Waals surface area (Å²) in [5, 5.41) is 6.14. The lowest BCUT2D eigenvalue weighted by Crippen LogP contribution is -2.37. The van der Waals surface area contributed by atoms with Gasteiger partial charge in [0, 0.05) is 43.5 Å². The van der Waals surface area contributed by atoms with E-state index in [9.17, 15) is 4.79 Å². The number of pyridine rings is 1. The first-order chi connectivity index (χ1) is 9.65. The molecule has 1 aliphatic heterocycles. The number of hydrogen-bond donors (Lipinski definition) is 2. The Morgan fingerprint density at radius 3 is 2.85 bits per heavy atom. The maximum absolute atomic E-state index is 12.3. The number of hydrogen-bond acceptors (Lipinski definition) is 4. The van der Waals surface area contributed by atoms with Gasteiger partial charge in [-0.3, -0.25) is 9.69 Å². The van der Waals surface area contributed by atoms with E-state index in [4.69, 9.17) is 0 Å². The minimum Gasteiger partial charge on any atom is -0.373 e. The van der Waals surface area contributed by atoms with Gasteiger partial charge in [0.25, 0.3) is 5.91 Å². The number of carbonyl (C=O) groups is 1. The summed E-state index contributed by atoms with van der Waals surface area (Å²) in [4.78, 5) is 19.1. The van der Waals surface area contributed by atoms with Crippen molar-refractivity contribution in [1.82, 2.24) is 15.2 Å². The number of rotatable bonds is 4. The van der Waals surface area contributed by atoms with Gasteiger partial charge in [-0.1, -0.05) is 0 Å². The number of aromatic nitrogens is 1. The van der Waals surface area contributed by atoms with Gasteiger partial charge in [-0.25, -0.2) is 4.98 Å². The first kappa shape index (κ1) is 13.4. The number of nitrogens with zero attached hydrogens (tertiary/aromatic N) is 2. The molecule has 1 aliphatic carbocycles. The molecule has 1 aromatic rings. The molecule has 108 valence electrons. The van der Waals surface area contributed by atoms with Crippen molar-refractivity contribution in [3.63, 3.8) is 0 Å². The normalized spacial score (nSPS) is 22.8. The highest BCUT2D eigenvalue weighted by Gasteiger charge is 2.34. The quantitative estimate of drug-likeness (QED) is 0.871. The lowest BCUT2D eigenvalue weighted by atomic mass is 10.2. The fraction of sp³-hybridized carbons (Fsp3) is 0.600. The van der Waals surface area contributed by atoms with Crippen molar-refractivity contribution in [3.8, 4) is 0 Å². The third-order valence-corrected chi connectivity index (χ3v) is 4.09. The van der Waals surface area contributed by atoms with E-state index < -0.39 is 0 Å². The monoisotopic (exact) mass is 274 g/mol. The summed E-state index contributed by atoms with van der Waals surface area (Å²) < 4.78 is 0. The molecular weight excluding hydrogens is 252 g/mol. The molecule has 2 N–H and O–H groups in total. The maximum Gasteiger partial charge on any atom is 0.251 e. The van der Waals surface area contributed by atoms with Crippen LogP contribution in [0.25, 0.3) is 0 Å². The topological polar surface area (TPSA) is 57.3 Å². The van der Waals surface area contributed by atoms with Crippen molar-refractivity contribution >= 4 is 11.7 Å². The van der Waals surface area contributed by atoms with Crippen LogP contribution in [-0.2, 0) is 0 Å². The van der Waals surface area contributed by atoms with Crippen LogP contribution in [0.1, 0.15) is 35.3 Å². The van der Waals surface area contributed by atoms with Crippen LogP contribution in [-0.4, -0.2) is 48.0 Å². The van der Waals surface area contributed by atoms with Gasteiger partial charge in [0.15, 0.2) is 0 Å². The van der Waals surface area contributed by atoms with E-state index in [1.165, 1.54) is 12.8 Å². The highest BCUT2D eigenvalue weighted by Crippen LogP contribution is 2.29. The van der Waals surface area contributed by atoms with Gasteiger partial charge >= 0.3 is 0 Å². The Morgan fingerprint density at radius 2 is 2.15 bits per heavy atom. The molecular formula is C15H22N4O. The lowest BCUT2D eigenvalue weighted by Gasteiger charge is -2.16. The van der Waals surface area contributed by atoms with Crippen LogP contribution >= 0.6 is 0 Å². The Kier molecular flexibility index (Phi) is 3.61. The number of anilines is 1. The molecule has 5 nitrogen and oxygen atoms in total. The zero-order chi connectivity index (χ0) is 14.1. The molecule has 0 radical (unpaired) electrons. The first-order valence-electron chi connectivity index (χ1n) is 7.37. The van der Waals surface area contributed by atoms with Gasteiger partial charge in [0.1, 0.15) is 5.82 Å². The van der Waals surface area contributed by atoms with Crippen LogP contribution in [0.3, 0.4) is 0 Å². The van der Waals surface area contributed by atoms with Crippen molar-refractivity contribution in [2.75, 3.05) is 25.5 Å². The smallest absolute Gasteiger partial charge is 0.251 e. The van der Waals surface area contributed by atoms with Crippen LogP contribution in [0.4, 0.5) is 5.82 Å². The fourth-order valence-electron chi connectivity index (χ4n) is 2.87. The number of carbonyl (C=O) groups excluding carboxylic acids is 1. The van der Waals surface area contributed by atoms with E-state index in [1.54, 1.807) is 6.07 Å². The van der Waals surface area contributed by atoms with Crippen molar-refractivity contribution in [2.45, 2.75) is 38.3 Å². The standard InChI is InChI=1S/C15H22N4O/c1-10-7-11(8-14(16-2)17-10)15(20)18-12-5-6-19(9-12)13-3-4-13/h7-8,12-13H,3-6,9H2,1-2H3,(H,16,17)(H,18,20). The minimum absolute atomic E-state index is 0.00893. The summed E-state index contributed by atoms with van der Waals surface area (Å²) in [5.74, 6) is 0.746. The Bertz CT molecular complexity index is 513. The van der Waals surface area contributed by atoms with Crippen LogP contribution < -0.4 is 10.6 Å². The predicted octanol–water partition coefficient (Wildman–Crippen LogP) is 1.40. The third-order valence-electron chi connectivity index (χ3n) is 4.09. The summed E-state index contributed by atoms with van der Waals surface area (Å²) in [6.45, 7) is 4.02. The van der Waals surface area contributed by atoms with Crippen molar-refractivity contribution in [1.29, 1.82) is 0 Å². The van der Waals surface area contributed by atoms with Gasteiger partial charge in [-0.05, 0) is 38.3 Å². The summed E-state index contributed by atoms with van der Waals surface area (Å²) in [6, 6.07) is 4.71. The second kappa shape index (κ2) is 5.40. The molecule has 20 heavy (non-hydrogen) atoms. The number of aryl methyl sites for hydroxylation is 1. The SMILES string of the molecule is CNc1cc(C(=O)NC2CCN(C3CC3)C2)cc(C)n1. The van der Waals surface area contributed by atoms with Gasteiger partial charge in [0.05, 0.1) is 0 Å². The van der Waals surface area contributed by atoms with Gasteiger partial charge in [0.2, 0.25) is 0 Å². The van der Waals surface area contributed by atoms with Gasteiger partial charge < -0.3 is 10.6 Å². The van der Waals surface area contributed by atoms with E-state index in [-0.39, 0.29) is 11.9 Å². The molecule has 1 amide bonds. The molecule has 1 saturated carbocycles. The van der Waals surface area contributed by atoms with Crippen molar-refractivity contribution < 1.29 is 4.79 Å². The number of nitrogens with one attached hydrogen (secondary N) is 2. The largest absolute Gasteiger partial charge is 0.373 e. The molecule has 3 rings (SSSR count). The Morgan fingerprint density at radius 1 is 1.35 bits per heavy atom. The van der Waals surface area contributed by atoms with Crippen LogP contribution in [0, 0.1) is 6.92 Å². The molecule has 2 aliphatic rings. The molecule has 0 aromatic carbocycles. The van der Waals surface area contributed by atoms with E-state index in [0.717, 1.165) is 37.1 Å². The molecule has 2 fully saturated rings. The Labute approximate surface area is 119 Å². The van der Waals surface area contributed by atoms with Crippen molar-refractivity contribution in [2.24, 2.45) is 0 Å². The van der Waals surface area contributed by atoms with Crippen LogP contribution in [0.2, 0.25) is 0 Å². The van der Waals surface area contributed by atoms with Crippen molar-refractivity contribution in [3.05, 3.63) is 23.4 Å². The minimum atomic E-state index is 0.00893. The highest BCUT2D eigenvalue weighted by atomic mass is 16.1. The molecule has 1 saturated heterocycles. The summed E-state index contributed by atoms with van der Waals surface area (Å²) in [5.41, 5.74) is 1.54. The molecule has 1 aromatic heterocycles. The predicted molar refractivity (Wildman–Crippen MR) is 79.0 cm³/mol. The molecule has 0 spiro atoms. The summed E-state index contributed by atoms with van der Waals surface area (Å²) >= 11 is 0. The fourth-order valence-corrected chi connectivity index (χ4v) is 2.87. The summed E-state index contributed by atoms with van der Waals surface area (Å²) in [6.07, 6.45) is 3.72. The Balaban J connectivity index is 1.62. The molecule has 1 atom stereocenters. The average Bonchev–Trinajstić information content (AvgIpc) is 3.19. The van der Waals surface area contributed by atoms with Gasteiger partial charge in [-0.2, -0.15) is 0 Å². The van der Waals surface area contributed by atoms with E-state index in [1.807, 2.05) is 20.0 Å². The molecule has 5 heteroatoms.